The first-order valence-electron chi connectivity index (χ1n) is 11.5. The van der Waals surface area contributed by atoms with Crippen molar-refractivity contribution >= 4 is 39.4 Å². The summed E-state index contributed by atoms with van der Waals surface area (Å²) >= 11 is 6.41. The summed E-state index contributed by atoms with van der Waals surface area (Å²) in [7, 11) is -2.53. The standard InChI is InChI=1S/C27H30ClNO7S/c1-17(2)15-29(37(32,33)27-11-6-19(4)36-27)23-12-18(3)22(28)14-25(23)35-16-21-9-7-20(8-10-26(30)31)13-24(21)34-5/h6-14,17H,15-16H2,1-5H3,(H,30,31)/b10-8+. The number of nitrogens with zero attached hydrogens (tertiary/aromatic N) is 1. The van der Waals surface area contributed by atoms with Gasteiger partial charge in [0.25, 0.3) is 10.0 Å². The Balaban J connectivity index is 2.02. The quantitative estimate of drug-likeness (QED) is 0.290. The maximum atomic E-state index is 13.6. The number of hydrogen-bond acceptors (Lipinski definition) is 6. The molecule has 3 aromatic rings. The number of rotatable bonds is 11. The molecule has 0 saturated heterocycles. The van der Waals surface area contributed by atoms with Gasteiger partial charge in [-0.25, -0.2) is 4.79 Å². The van der Waals surface area contributed by atoms with Crippen LogP contribution in [-0.2, 0) is 21.4 Å². The molecule has 3 rings (SSSR count). The first-order chi connectivity index (χ1) is 17.4. The molecule has 10 heteroatoms. The van der Waals surface area contributed by atoms with Crippen LogP contribution in [0.1, 0.15) is 36.3 Å². The van der Waals surface area contributed by atoms with E-state index in [0.717, 1.165) is 6.08 Å². The molecule has 0 aliphatic carbocycles. The molecule has 0 unspecified atom stereocenters. The van der Waals surface area contributed by atoms with E-state index in [1.165, 1.54) is 23.6 Å². The Labute approximate surface area is 222 Å². The van der Waals surface area contributed by atoms with Crippen molar-refractivity contribution in [2.24, 2.45) is 5.92 Å². The molecule has 198 valence electrons. The second kappa shape index (κ2) is 11.7. The van der Waals surface area contributed by atoms with Crippen LogP contribution in [0.5, 0.6) is 11.5 Å². The number of carbonyl (C=O) groups is 1. The summed E-state index contributed by atoms with van der Waals surface area (Å²) in [6, 6.07) is 11.5. The van der Waals surface area contributed by atoms with Gasteiger partial charge in [-0.1, -0.05) is 37.6 Å². The average molecular weight is 548 g/mol. The maximum absolute atomic E-state index is 13.6. The Kier molecular flexibility index (Phi) is 8.94. The van der Waals surface area contributed by atoms with Crippen molar-refractivity contribution in [3.05, 3.63) is 76.0 Å². The highest BCUT2D eigenvalue weighted by Crippen LogP contribution is 2.38. The molecular formula is C27H30ClNO7S. The lowest BCUT2D eigenvalue weighted by atomic mass is 10.1. The molecule has 1 heterocycles. The van der Waals surface area contributed by atoms with Gasteiger partial charge in [-0.3, -0.25) is 4.31 Å². The number of furan rings is 1. The summed E-state index contributed by atoms with van der Waals surface area (Å²) < 4.78 is 45.6. The highest BCUT2D eigenvalue weighted by molar-refractivity contribution is 7.92. The normalized spacial score (nSPS) is 11.8. The molecule has 1 aromatic heterocycles. The fourth-order valence-electron chi connectivity index (χ4n) is 3.58. The van der Waals surface area contributed by atoms with Crippen molar-refractivity contribution in [3.63, 3.8) is 0 Å². The van der Waals surface area contributed by atoms with Gasteiger partial charge < -0.3 is 19.0 Å². The molecule has 0 bridgehead atoms. The number of aliphatic carboxylic acids is 1. The number of hydrogen-bond donors (Lipinski definition) is 1. The van der Waals surface area contributed by atoms with Crippen molar-refractivity contribution in [2.75, 3.05) is 18.0 Å². The highest BCUT2D eigenvalue weighted by atomic mass is 35.5. The zero-order valence-electron chi connectivity index (χ0n) is 21.3. The molecule has 1 N–H and O–H groups in total. The molecule has 0 radical (unpaired) electrons. The van der Waals surface area contributed by atoms with Gasteiger partial charge in [0.05, 0.1) is 12.8 Å². The second-order valence-electron chi connectivity index (χ2n) is 8.90. The molecule has 8 nitrogen and oxygen atoms in total. The highest BCUT2D eigenvalue weighted by Gasteiger charge is 2.31. The summed E-state index contributed by atoms with van der Waals surface area (Å²) in [4.78, 5) is 10.8. The van der Waals surface area contributed by atoms with Crippen LogP contribution in [0.4, 0.5) is 5.69 Å². The van der Waals surface area contributed by atoms with E-state index >= 15 is 0 Å². The molecule has 0 aliphatic rings. The molecule has 0 amide bonds. The Morgan fingerprint density at radius 1 is 1.14 bits per heavy atom. The molecule has 0 saturated carbocycles. The third-order valence-electron chi connectivity index (χ3n) is 5.41. The third-order valence-corrected chi connectivity index (χ3v) is 7.47. The van der Waals surface area contributed by atoms with E-state index in [1.54, 1.807) is 50.2 Å². The third kappa shape index (κ3) is 6.87. The van der Waals surface area contributed by atoms with E-state index in [9.17, 15) is 13.2 Å². The van der Waals surface area contributed by atoms with Gasteiger partial charge in [-0.05, 0) is 61.2 Å². The van der Waals surface area contributed by atoms with E-state index in [0.29, 0.717) is 38.9 Å². The minimum atomic E-state index is -4.03. The number of anilines is 1. The molecule has 0 atom stereocenters. The average Bonchev–Trinajstić information content (AvgIpc) is 3.29. The van der Waals surface area contributed by atoms with E-state index in [2.05, 4.69) is 0 Å². The van der Waals surface area contributed by atoms with Crippen LogP contribution < -0.4 is 13.8 Å². The van der Waals surface area contributed by atoms with Gasteiger partial charge in [0.2, 0.25) is 5.09 Å². The molecular weight excluding hydrogens is 518 g/mol. The van der Waals surface area contributed by atoms with Crippen molar-refractivity contribution in [1.29, 1.82) is 0 Å². The summed E-state index contributed by atoms with van der Waals surface area (Å²) in [6.45, 7) is 7.55. The minimum absolute atomic E-state index is 0.00108. The van der Waals surface area contributed by atoms with Crippen molar-refractivity contribution in [1.82, 2.24) is 0 Å². The number of benzene rings is 2. The Morgan fingerprint density at radius 2 is 1.86 bits per heavy atom. The lowest BCUT2D eigenvalue weighted by Gasteiger charge is -2.27. The number of carboxylic acids is 1. The number of halogens is 1. The van der Waals surface area contributed by atoms with Gasteiger partial charge in [0, 0.05) is 29.3 Å². The van der Waals surface area contributed by atoms with Crippen LogP contribution in [0.3, 0.4) is 0 Å². The van der Waals surface area contributed by atoms with Gasteiger partial charge in [0.1, 0.15) is 23.9 Å². The largest absolute Gasteiger partial charge is 0.496 e. The summed E-state index contributed by atoms with van der Waals surface area (Å²) in [6.07, 6.45) is 2.49. The van der Waals surface area contributed by atoms with E-state index in [4.69, 9.17) is 30.6 Å². The molecule has 37 heavy (non-hydrogen) atoms. The van der Waals surface area contributed by atoms with Gasteiger partial charge in [0.15, 0.2) is 0 Å². The maximum Gasteiger partial charge on any atom is 0.328 e. The predicted octanol–water partition coefficient (Wildman–Crippen LogP) is 6.09. The first kappa shape index (κ1) is 28.1. The topological polar surface area (TPSA) is 106 Å². The van der Waals surface area contributed by atoms with Crippen LogP contribution >= 0.6 is 11.6 Å². The van der Waals surface area contributed by atoms with Crippen molar-refractivity contribution < 1.29 is 32.2 Å². The Bertz CT molecular complexity index is 1410. The molecule has 0 fully saturated rings. The smallest absolute Gasteiger partial charge is 0.328 e. The van der Waals surface area contributed by atoms with Gasteiger partial charge >= 0.3 is 5.97 Å². The first-order valence-corrected chi connectivity index (χ1v) is 13.3. The minimum Gasteiger partial charge on any atom is -0.496 e. The van der Waals surface area contributed by atoms with Crippen molar-refractivity contribution in [2.45, 2.75) is 39.4 Å². The lowest BCUT2D eigenvalue weighted by molar-refractivity contribution is -0.131. The zero-order chi connectivity index (χ0) is 27.3. The SMILES string of the molecule is COc1cc(/C=C/C(=O)O)ccc1COc1cc(Cl)c(C)cc1N(CC(C)C)S(=O)(=O)c1ccc(C)o1. The number of methoxy groups -OCH3 is 1. The monoisotopic (exact) mass is 547 g/mol. The lowest BCUT2D eigenvalue weighted by Crippen LogP contribution is -2.34. The number of ether oxygens (including phenoxy) is 2. The van der Waals surface area contributed by atoms with Gasteiger partial charge in [-0.2, -0.15) is 8.42 Å². The molecule has 0 aliphatic heterocycles. The summed E-state index contributed by atoms with van der Waals surface area (Å²) in [5.41, 5.74) is 2.35. The van der Waals surface area contributed by atoms with Crippen LogP contribution in [0.15, 0.2) is 58.1 Å². The Hall–Kier alpha value is -3.43. The number of sulfonamides is 1. The van der Waals surface area contributed by atoms with E-state index in [-0.39, 0.29) is 29.9 Å². The summed E-state index contributed by atoms with van der Waals surface area (Å²) in [5.74, 6) is 0.201. The number of aryl methyl sites for hydroxylation is 2. The van der Waals surface area contributed by atoms with E-state index < -0.39 is 16.0 Å². The zero-order valence-corrected chi connectivity index (χ0v) is 22.9. The summed E-state index contributed by atoms with van der Waals surface area (Å²) in [5, 5.41) is 9.13. The predicted molar refractivity (Wildman–Crippen MR) is 143 cm³/mol. The van der Waals surface area contributed by atoms with Crippen LogP contribution in [0, 0.1) is 19.8 Å². The van der Waals surface area contributed by atoms with Crippen LogP contribution in [0.25, 0.3) is 6.08 Å². The van der Waals surface area contributed by atoms with Crippen LogP contribution in [0.2, 0.25) is 5.02 Å². The number of carboxylic acid groups (broad SMARTS) is 1. The van der Waals surface area contributed by atoms with E-state index in [1.807, 2.05) is 13.8 Å². The Morgan fingerprint density at radius 3 is 2.46 bits per heavy atom. The van der Waals surface area contributed by atoms with Crippen LogP contribution in [-0.4, -0.2) is 33.1 Å². The van der Waals surface area contributed by atoms with Gasteiger partial charge in [-0.15, -0.1) is 0 Å². The molecule has 2 aromatic carbocycles. The van der Waals surface area contributed by atoms with Crippen molar-refractivity contribution in [3.8, 4) is 11.5 Å². The molecule has 0 spiro atoms. The fraction of sp³-hybridized carbons (Fsp3) is 0.296. The second-order valence-corrected chi connectivity index (χ2v) is 11.1. The fourth-order valence-corrected chi connectivity index (χ4v) is 5.33.